The first-order chi connectivity index (χ1) is 15.8. The number of hydrogen-bond acceptors (Lipinski definition) is 7. The van der Waals surface area contributed by atoms with E-state index >= 15 is 0 Å². The summed E-state index contributed by atoms with van der Waals surface area (Å²) in [7, 11) is 0. The number of halogens is 2. The van der Waals surface area contributed by atoms with Gasteiger partial charge in [-0.05, 0) is 24.3 Å². The molecule has 3 heterocycles. The highest BCUT2D eigenvalue weighted by Crippen LogP contribution is 2.34. The molecule has 1 amide bonds. The van der Waals surface area contributed by atoms with Crippen molar-refractivity contribution in [2.24, 2.45) is 0 Å². The second-order valence-corrected chi connectivity index (χ2v) is 9.35. The number of carbonyl (C=O) groups is 2. The molecule has 2 aromatic rings. The first kappa shape index (κ1) is 23.6. The maximum Gasteiger partial charge on any atom is 0.317 e. The van der Waals surface area contributed by atoms with Crippen LogP contribution in [0.3, 0.4) is 0 Å². The van der Waals surface area contributed by atoms with Crippen LogP contribution in [0.4, 0.5) is 8.78 Å². The molecule has 2 aliphatic rings. The number of furan rings is 1. The third kappa shape index (κ3) is 5.67. The largest absolute Gasteiger partial charge is 0.480 e. The van der Waals surface area contributed by atoms with Crippen molar-refractivity contribution in [2.45, 2.75) is 0 Å². The summed E-state index contributed by atoms with van der Waals surface area (Å²) in [6, 6.07) is 6.41. The van der Waals surface area contributed by atoms with E-state index in [1.165, 1.54) is 17.8 Å². The number of benzene rings is 1. The number of aliphatic carboxylic acids is 1. The normalized spacial score (nSPS) is 19.1. The van der Waals surface area contributed by atoms with Crippen LogP contribution in [0.15, 0.2) is 39.7 Å². The van der Waals surface area contributed by atoms with E-state index in [0.717, 1.165) is 25.2 Å². The van der Waals surface area contributed by atoms with E-state index in [1.807, 2.05) is 4.90 Å². The molecule has 2 fully saturated rings. The third-order valence-electron chi connectivity index (χ3n) is 5.43. The van der Waals surface area contributed by atoms with Crippen molar-refractivity contribution >= 4 is 46.3 Å². The Morgan fingerprint density at radius 1 is 1.12 bits per heavy atom. The van der Waals surface area contributed by atoms with E-state index in [9.17, 15) is 18.4 Å². The Labute approximate surface area is 198 Å². The fraction of sp³-hybridized carbons (Fsp3) is 0.318. The number of nitrogens with zero attached hydrogens (tertiary/aromatic N) is 3. The highest BCUT2D eigenvalue weighted by molar-refractivity contribution is 8.26. The van der Waals surface area contributed by atoms with Gasteiger partial charge in [0.2, 0.25) is 0 Å². The smallest absolute Gasteiger partial charge is 0.317 e. The molecule has 1 aromatic carbocycles. The average molecular weight is 494 g/mol. The first-order valence-electron chi connectivity index (χ1n) is 10.3. The number of carboxylic acid groups (broad SMARTS) is 1. The second-order valence-electron chi connectivity index (χ2n) is 7.67. The lowest BCUT2D eigenvalue weighted by Gasteiger charge is -2.34. The summed E-state index contributed by atoms with van der Waals surface area (Å²) in [6.07, 6.45) is 1.56. The number of carboxylic acids is 1. The Morgan fingerprint density at radius 3 is 2.55 bits per heavy atom. The molecule has 7 nitrogen and oxygen atoms in total. The van der Waals surface area contributed by atoms with Gasteiger partial charge in [0.1, 0.15) is 27.5 Å². The van der Waals surface area contributed by atoms with E-state index in [0.29, 0.717) is 41.2 Å². The SMILES string of the molecule is O=C(O)CN1CCN(CCN2C(=O)/C(=C/c3ccc(-c4ccc(F)cc4F)o3)SC2=S)CC1. The number of carbonyl (C=O) groups excluding carboxylic acids is 1. The van der Waals surface area contributed by atoms with Crippen LogP contribution in [-0.2, 0) is 9.59 Å². The minimum Gasteiger partial charge on any atom is -0.480 e. The maximum absolute atomic E-state index is 14.0. The van der Waals surface area contributed by atoms with E-state index < -0.39 is 17.6 Å². The summed E-state index contributed by atoms with van der Waals surface area (Å²) in [4.78, 5) is 29.7. The zero-order valence-electron chi connectivity index (χ0n) is 17.5. The molecule has 1 aromatic heterocycles. The van der Waals surface area contributed by atoms with Gasteiger partial charge < -0.3 is 9.52 Å². The standard InChI is InChI=1S/C22H21F2N3O4S2/c23-14-1-3-16(17(24)11-14)18-4-2-15(31-18)12-19-21(30)27(22(32)33-19)10-9-25-5-7-26(8-6-25)13-20(28)29/h1-4,11-12H,5-10,13H2,(H,28,29)/b19-12-. The molecule has 1 N–H and O–H groups in total. The van der Waals surface area contributed by atoms with Crippen LogP contribution in [-0.4, -0.2) is 81.8 Å². The van der Waals surface area contributed by atoms with Crippen LogP contribution < -0.4 is 0 Å². The molecule has 0 atom stereocenters. The Morgan fingerprint density at radius 2 is 1.85 bits per heavy atom. The monoisotopic (exact) mass is 493 g/mol. The molecule has 0 bridgehead atoms. The lowest BCUT2D eigenvalue weighted by molar-refractivity contribution is -0.138. The first-order valence-corrected chi connectivity index (χ1v) is 11.5. The summed E-state index contributed by atoms with van der Waals surface area (Å²) in [5.74, 6) is -1.86. The third-order valence-corrected chi connectivity index (χ3v) is 6.81. The van der Waals surface area contributed by atoms with Crippen LogP contribution in [0.5, 0.6) is 0 Å². The van der Waals surface area contributed by atoms with E-state index in [-0.39, 0.29) is 23.8 Å². The van der Waals surface area contributed by atoms with Crippen molar-refractivity contribution in [3.8, 4) is 11.3 Å². The minimum atomic E-state index is -0.834. The maximum atomic E-state index is 14.0. The lowest BCUT2D eigenvalue weighted by Crippen LogP contribution is -2.49. The molecule has 0 radical (unpaired) electrons. The van der Waals surface area contributed by atoms with E-state index in [1.54, 1.807) is 23.1 Å². The van der Waals surface area contributed by atoms with Gasteiger partial charge in [0, 0.05) is 51.4 Å². The van der Waals surface area contributed by atoms with Gasteiger partial charge in [-0.1, -0.05) is 24.0 Å². The van der Waals surface area contributed by atoms with Crippen LogP contribution >= 0.6 is 24.0 Å². The lowest BCUT2D eigenvalue weighted by atomic mass is 10.1. The van der Waals surface area contributed by atoms with E-state index in [2.05, 4.69) is 4.90 Å². The van der Waals surface area contributed by atoms with Gasteiger partial charge in [-0.15, -0.1) is 0 Å². The predicted molar refractivity (Wildman–Crippen MR) is 124 cm³/mol. The van der Waals surface area contributed by atoms with Gasteiger partial charge >= 0.3 is 5.97 Å². The topological polar surface area (TPSA) is 77.2 Å². The highest BCUT2D eigenvalue weighted by atomic mass is 32.2. The summed E-state index contributed by atoms with van der Waals surface area (Å²) < 4.78 is 33.2. The summed E-state index contributed by atoms with van der Waals surface area (Å²) in [6.45, 7) is 3.90. The Kier molecular flexibility index (Phi) is 7.23. The Bertz CT molecular complexity index is 1110. The van der Waals surface area contributed by atoms with Crippen LogP contribution in [0, 0.1) is 11.6 Å². The van der Waals surface area contributed by atoms with Crippen molar-refractivity contribution in [3.63, 3.8) is 0 Å². The van der Waals surface area contributed by atoms with Gasteiger partial charge in [-0.25, -0.2) is 8.78 Å². The highest BCUT2D eigenvalue weighted by Gasteiger charge is 2.32. The molecule has 2 saturated heterocycles. The van der Waals surface area contributed by atoms with Gasteiger partial charge in [0.05, 0.1) is 17.0 Å². The van der Waals surface area contributed by atoms with Crippen molar-refractivity contribution < 1.29 is 27.9 Å². The van der Waals surface area contributed by atoms with Gasteiger partial charge in [0.15, 0.2) is 0 Å². The van der Waals surface area contributed by atoms with E-state index in [4.69, 9.17) is 21.7 Å². The second kappa shape index (κ2) is 10.1. The fourth-order valence-electron chi connectivity index (χ4n) is 3.69. The summed E-state index contributed by atoms with van der Waals surface area (Å²) in [5.41, 5.74) is 0.132. The van der Waals surface area contributed by atoms with Gasteiger partial charge in [0.25, 0.3) is 5.91 Å². The number of piperazine rings is 1. The van der Waals surface area contributed by atoms with Crippen molar-refractivity contribution in [2.75, 3.05) is 45.8 Å². The number of amides is 1. The molecular formula is C22H21F2N3O4S2. The average Bonchev–Trinajstić information content (AvgIpc) is 3.32. The number of rotatable bonds is 7. The molecule has 0 unspecified atom stereocenters. The number of thiocarbonyl (C=S) groups is 1. The van der Waals surface area contributed by atoms with Crippen LogP contribution in [0.25, 0.3) is 17.4 Å². The molecule has 0 spiro atoms. The quantitative estimate of drug-likeness (QED) is 0.466. The minimum absolute atomic E-state index is 0.0373. The molecule has 33 heavy (non-hydrogen) atoms. The Hall–Kier alpha value is -2.60. The van der Waals surface area contributed by atoms with Crippen LogP contribution in [0.2, 0.25) is 0 Å². The molecule has 0 aliphatic carbocycles. The van der Waals surface area contributed by atoms with Crippen LogP contribution in [0.1, 0.15) is 5.76 Å². The summed E-state index contributed by atoms with van der Waals surface area (Å²) in [5, 5.41) is 8.89. The zero-order chi connectivity index (χ0) is 23.5. The molecular weight excluding hydrogens is 472 g/mol. The van der Waals surface area contributed by atoms with Crippen molar-refractivity contribution in [1.82, 2.24) is 14.7 Å². The van der Waals surface area contributed by atoms with Crippen molar-refractivity contribution in [3.05, 3.63) is 52.6 Å². The molecule has 0 saturated carbocycles. The molecule has 4 rings (SSSR count). The van der Waals surface area contributed by atoms with Gasteiger partial charge in [-0.3, -0.25) is 24.3 Å². The number of hydrogen-bond donors (Lipinski definition) is 1. The van der Waals surface area contributed by atoms with Gasteiger partial charge in [-0.2, -0.15) is 0 Å². The fourth-order valence-corrected chi connectivity index (χ4v) is 4.98. The predicted octanol–water partition coefficient (Wildman–Crippen LogP) is 3.13. The van der Waals surface area contributed by atoms with Crippen molar-refractivity contribution in [1.29, 1.82) is 0 Å². The molecule has 2 aliphatic heterocycles. The Balaban J connectivity index is 1.35. The zero-order valence-corrected chi connectivity index (χ0v) is 19.1. The molecule has 174 valence electrons. The number of thioether (sulfide) groups is 1. The summed E-state index contributed by atoms with van der Waals surface area (Å²) >= 11 is 6.55. The molecule has 11 heteroatoms.